The topological polar surface area (TPSA) is 82.5 Å². The molecule has 0 amide bonds. The SMILES string of the molecule is OCCNCCO.[K+].[OH-]. The first kappa shape index (κ1) is 16.8. The first-order chi connectivity index (χ1) is 3.41. The van der Waals surface area contributed by atoms with E-state index in [9.17, 15) is 0 Å². The number of hydrogen-bond acceptors (Lipinski definition) is 4. The standard InChI is InChI=1S/C4H11NO2.K.H2O/c6-3-1-5-2-4-7;;/h5-7H,1-4H2;;1H2/q;+1;/p-1. The van der Waals surface area contributed by atoms with Gasteiger partial charge in [-0.2, -0.15) is 0 Å². The molecule has 0 aromatic carbocycles. The molecule has 0 saturated carbocycles. The van der Waals surface area contributed by atoms with Crippen LogP contribution in [0.25, 0.3) is 0 Å². The van der Waals surface area contributed by atoms with E-state index in [4.69, 9.17) is 10.2 Å². The minimum Gasteiger partial charge on any atom is -0.870 e. The van der Waals surface area contributed by atoms with Crippen LogP contribution >= 0.6 is 0 Å². The summed E-state index contributed by atoms with van der Waals surface area (Å²) in [6.07, 6.45) is 0. The average Bonchev–Trinajstić information content (AvgIpc) is 1.69. The van der Waals surface area contributed by atoms with Crippen LogP contribution < -0.4 is 56.7 Å². The van der Waals surface area contributed by atoms with E-state index >= 15 is 0 Å². The zero-order valence-electron chi connectivity index (χ0n) is 5.67. The minimum atomic E-state index is 0. The number of aliphatic hydroxyl groups excluding tert-OH is 2. The normalized spacial score (nSPS) is 7.33. The monoisotopic (exact) mass is 161 g/mol. The number of hydrogen-bond donors (Lipinski definition) is 3. The molecular weight excluding hydrogens is 149 g/mol. The maximum atomic E-state index is 8.15. The van der Waals surface area contributed by atoms with Gasteiger partial charge in [-0.15, -0.1) is 0 Å². The zero-order valence-corrected chi connectivity index (χ0v) is 8.79. The van der Waals surface area contributed by atoms with Crippen molar-refractivity contribution >= 4 is 0 Å². The van der Waals surface area contributed by atoms with Crippen LogP contribution in [0.3, 0.4) is 0 Å². The van der Waals surface area contributed by atoms with Gasteiger partial charge in [0.1, 0.15) is 0 Å². The van der Waals surface area contributed by atoms with E-state index in [2.05, 4.69) is 5.32 Å². The third-order valence-electron chi connectivity index (χ3n) is 0.577. The molecule has 0 aromatic heterocycles. The van der Waals surface area contributed by atoms with Gasteiger partial charge in [-0.3, -0.25) is 0 Å². The van der Waals surface area contributed by atoms with Crippen molar-refractivity contribution in [3.8, 4) is 0 Å². The molecule has 0 aromatic rings. The Morgan fingerprint density at radius 1 is 1.00 bits per heavy atom. The molecule has 0 heterocycles. The zero-order chi connectivity index (χ0) is 5.54. The molecule has 0 bridgehead atoms. The predicted octanol–water partition coefficient (Wildman–Crippen LogP) is -4.61. The fourth-order valence-corrected chi connectivity index (χ4v) is 0.283. The predicted molar refractivity (Wildman–Crippen MR) is 29.0 cm³/mol. The Morgan fingerprint density at radius 2 is 1.33 bits per heavy atom. The molecule has 0 fully saturated rings. The summed E-state index contributed by atoms with van der Waals surface area (Å²) in [5, 5.41) is 19.1. The Morgan fingerprint density at radius 3 is 1.56 bits per heavy atom. The summed E-state index contributed by atoms with van der Waals surface area (Å²) >= 11 is 0. The van der Waals surface area contributed by atoms with E-state index in [1.54, 1.807) is 0 Å². The quantitative estimate of drug-likeness (QED) is 0.286. The third-order valence-corrected chi connectivity index (χ3v) is 0.577. The second-order valence-corrected chi connectivity index (χ2v) is 1.20. The molecule has 0 saturated heterocycles. The van der Waals surface area contributed by atoms with Crippen molar-refractivity contribution in [1.82, 2.24) is 5.32 Å². The first-order valence-corrected chi connectivity index (χ1v) is 2.34. The fourth-order valence-electron chi connectivity index (χ4n) is 0.283. The summed E-state index contributed by atoms with van der Waals surface area (Å²) in [6.45, 7) is 1.42. The summed E-state index contributed by atoms with van der Waals surface area (Å²) in [4.78, 5) is 0. The number of rotatable bonds is 4. The third kappa shape index (κ3) is 17.7. The number of nitrogens with one attached hydrogen (secondary N) is 1. The second kappa shape index (κ2) is 16.2. The van der Waals surface area contributed by atoms with E-state index in [1.165, 1.54) is 0 Å². The van der Waals surface area contributed by atoms with Gasteiger partial charge in [0.05, 0.1) is 13.2 Å². The van der Waals surface area contributed by atoms with Gasteiger partial charge >= 0.3 is 51.4 Å². The summed E-state index contributed by atoms with van der Waals surface area (Å²) in [6, 6.07) is 0. The largest absolute Gasteiger partial charge is 1.00 e. The van der Waals surface area contributed by atoms with Gasteiger partial charge in [0.25, 0.3) is 0 Å². The van der Waals surface area contributed by atoms with Gasteiger partial charge in [-0.05, 0) is 0 Å². The van der Waals surface area contributed by atoms with Crippen molar-refractivity contribution in [1.29, 1.82) is 0 Å². The van der Waals surface area contributed by atoms with Crippen LogP contribution in [-0.4, -0.2) is 42.0 Å². The molecular formula is C4H12KNO3. The molecule has 0 aliphatic heterocycles. The maximum Gasteiger partial charge on any atom is 1.00 e. The Kier molecular flexibility index (Phi) is 30.4. The molecule has 0 aliphatic carbocycles. The smallest absolute Gasteiger partial charge is 0.870 e. The van der Waals surface area contributed by atoms with E-state index in [-0.39, 0.29) is 70.1 Å². The van der Waals surface area contributed by atoms with E-state index in [0.29, 0.717) is 13.1 Å². The van der Waals surface area contributed by atoms with Gasteiger partial charge in [-0.1, -0.05) is 0 Å². The van der Waals surface area contributed by atoms with Gasteiger partial charge in [0.15, 0.2) is 0 Å². The van der Waals surface area contributed by atoms with Crippen molar-refractivity contribution in [3.05, 3.63) is 0 Å². The minimum absolute atomic E-state index is 0. The molecule has 4 N–H and O–H groups in total. The maximum absolute atomic E-state index is 8.15. The van der Waals surface area contributed by atoms with Crippen molar-refractivity contribution in [2.45, 2.75) is 0 Å². The molecule has 52 valence electrons. The Hall–Kier alpha value is 1.48. The molecule has 4 nitrogen and oxygen atoms in total. The van der Waals surface area contributed by atoms with Gasteiger partial charge in [0, 0.05) is 13.1 Å². The van der Waals surface area contributed by atoms with E-state index in [1.807, 2.05) is 0 Å². The summed E-state index contributed by atoms with van der Waals surface area (Å²) in [7, 11) is 0. The van der Waals surface area contributed by atoms with Gasteiger partial charge < -0.3 is 21.0 Å². The number of aliphatic hydroxyl groups is 2. The Bertz CT molecular complexity index is 35.0. The van der Waals surface area contributed by atoms with Crippen LogP contribution in [-0.2, 0) is 0 Å². The van der Waals surface area contributed by atoms with E-state index in [0.717, 1.165) is 0 Å². The van der Waals surface area contributed by atoms with Crippen LogP contribution in [0, 0.1) is 0 Å². The molecule has 0 aliphatic rings. The Labute approximate surface area is 97.4 Å². The second-order valence-electron chi connectivity index (χ2n) is 1.20. The van der Waals surface area contributed by atoms with Crippen molar-refractivity contribution in [3.63, 3.8) is 0 Å². The molecule has 0 spiro atoms. The average molecular weight is 161 g/mol. The van der Waals surface area contributed by atoms with Crippen molar-refractivity contribution in [2.75, 3.05) is 26.3 Å². The van der Waals surface area contributed by atoms with Crippen LogP contribution in [0.1, 0.15) is 0 Å². The Balaban J connectivity index is -0.000000180. The van der Waals surface area contributed by atoms with Crippen LogP contribution in [0.15, 0.2) is 0 Å². The summed E-state index contributed by atoms with van der Waals surface area (Å²) < 4.78 is 0. The summed E-state index contributed by atoms with van der Waals surface area (Å²) in [5.74, 6) is 0. The summed E-state index contributed by atoms with van der Waals surface area (Å²) in [5.41, 5.74) is 0. The van der Waals surface area contributed by atoms with Crippen molar-refractivity contribution in [2.24, 2.45) is 0 Å². The van der Waals surface area contributed by atoms with Gasteiger partial charge in [-0.25, -0.2) is 0 Å². The molecule has 0 unspecified atom stereocenters. The van der Waals surface area contributed by atoms with Crippen molar-refractivity contribution < 1.29 is 67.1 Å². The first-order valence-electron chi connectivity index (χ1n) is 2.34. The molecule has 0 atom stereocenters. The van der Waals surface area contributed by atoms with Crippen LogP contribution in [0.5, 0.6) is 0 Å². The molecule has 0 radical (unpaired) electrons. The molecule has 5 heteroatoms. The molecule has 9 heavy (non-hydrogen) atoms. The van der Waals surface area contributed by atoms with Gasteiger partial charge in [0.2, 0.25) is 0 Å². The van der Waals surface area contributed by atoms with E-state index < -0.39 is 0 Å². The van der Waals surface area contributed by atoms with Crippen LogP contribution in [0.2, 0.25) is 0 Å². The fraction of sp³-hybridized carbons (Fsp3) is 1.00. The molecule has 0 rings (SSSR count). The van der Waals surface area contributed by atoms with Crippen LogP contribution in [0.4, 0.5) is 0 Å².